The molecule has 0 saturated carbocycles. The summed E-state index contributed by atoms with van der Waals surface area (Å²) in [6, 6.07) is 23.6. The number of hydrogen-bond donors (Lipinski definition) is 0. The Morgan fingerprint density at radius 2 is 1.69 bits per heavy atom. The number of benzene rings is 3. The van der Waals surface area contributed by atoms with E-state index in [2.05, 4.69) is 10.2 Å². The monoisotopic (exact) mass is 481 g/mol. The smallest absolute Gasteiger partial charge is 0.297 e. The van der Waals surface area contributed by atoms with E-state index in [0.717, 1.165) is 16.1 Å². The number of nitrogens with zero attached hydrogens (tertiary/aromatic N) is 3. The van der Waals surface area contributed by atoms with E-state index in [1.807, 2.05) is 61.5 Å². The molecule has 7 nitrogen and oxygen atoms in total. The number of para-hydroxylation sites is 1. The lowest BCUT2D eigenvalue weighted by Gasteiger charge is -2.22. The first-order valence-electron chi connectivity index (χ1n) is 11.1. The Bertz CT molecular complexity index is 1610. The predicted molar refractivity (Wildman–Crippen MR) is 133 cm³/mol. The fourth-order valence-corrected chi connectivity index (χ4v) is 5.02. The molecule has 1 aliphatic rings. The Morgan fingerprint density at radius 3 is 2.43 bits per heavy atom. The van der Waals surface area contributed by atoms with Gasteiger partial charge in [-0.3, -0.25) is 14.5 Å². The molecule has 1 atom stereocenters. The Balaban J connectivity index is 1.43. The van der Waals surface area contributed by atoms with Crippen molar-refractivity contribution in [2.24, 2.45) is 0 Å². The number of aromatic nitrogens is 2. The molecule has 8 heteroatoms. The minimum Gasteiger partial charge on any atom is -0.489 e. The van der Waals surface area contributed by atoms with E-state index in [9.17, 15) is 9.59 Å². The third kappa shape index (κ3) is 3.68. The van der Waals surface area contributed by atoms with Crippen molar-refractivity contribution in [2.45, 2.75) is 19.6 Å². The number of carbonyl (C=O) groups is 1. The summed E-state index contributed by atoms with van der Waals surface area (Å²) in [5, 5.41) is 9.83. The van der Waals surface area contributed by atoms with Gasteiger partial charge in [-0.2, -0.15) is 0 Å². The molecular weight excluding hydrogens is 462 g/mol. The normalized spacial score (nSPS) is 14.9. The molecule has 0 bridgehead atoms. The Kier molecular flexibility index (Phi) is 5.15. The lowest BCUT2D eigenvalue weighted by atomic mass is 9.98. The lowest BCUT2D eigenvalue weighted by molar-refractivity contribution is 0.0970. The first-order chi connectivity index (χ1) is 17.1. The van der Waals surface area contributed by atoms with E-state index >= 15 is 0 Å². The molecule has 3 aromatic carbocycles. The molecule has 0 fully saturated rings. The average Bonchev–Trinajstić information content (AvgIpc) is 3.44. The zero-order chi connectivity index (χ0) is 23.9. The molecule has 6 rings (SSSR count). The van der Waals surface area contributed by atoms with Gasteiger partial charge < -0.3 is 9.15 Å². The van der Waals surface area contributed by atoms with Crippen LogP contribution < -0.4 is 15.1 Å². The molecule has 0 aliphatic carbocycles. The molecular formula is C27H19N3O4S. The Morgan fingerprint density at radius 1 is 0.943 bits per heavy atom. The van der Waals surface area contributed by atoms with E-state index in [1.165, 1.54) is 16.2 Å². The van der Waals surface area contributed by atoms with Crippen LogP contribution in [0, 0.1) is 6.92 Å². The number of ether oxygens (including phenoxy) is 1. The minimum atomic E-state index is -0.686. The first kappa shape index (κ1) is 21.2. The van der Waals surface area contributed by atoms with Crippen molar-refractivity contribution in [3.05, 3.63) is 117 Å². The second-order valence-corrected chi connectivity index (χ2v) is 9.35. The first-order valence-corrected chi connectivity index (χ1v) is 11.9. The molecule has 2 aromatic heterocycles. The zero-order valence-electron chi connectivity index (χ0n) is 18.7. The standard InChI is InChI=1S/C27H19N3O4S/c1-16-28-29-27(35-16)30-23(18-11-13-19(14-12-18)33-15-17-7-3-2-4-8-17)22-24(31)20-9-5-6-10-21(20)34-25(22)26(30)32/h2-14,23H,15H2,1H3. The third-order valence-corrected chi connectivity index (χ3v) is 6.78. The summed E-state index contributed by atoms with van der Waals surface area (Å²) in [5.41, 5.74) is 2.27. The van der Waals surface area contributed by atoms with Crippen LogP contribution in [0.3, 0.4) is 0 Å². The van der Waals surface area contributed by atoms with Gasteiger partial charge in [0.15, 0.2) is 5.43 Å². The van der Waals surface area contributed by atoms with Crippen molar-refractivity contribution in [2.75, 3.05) is 4.90 Å². The van der Waals surface area contributed by atoms with E-state index in [1.54, 1.807) is 24.3 Å². The number of aryl methyl sites for hydroxylation is 1. The van der Waals surface area contributed by atoms with Gasteiger partial charge >= 0.3 is 0 Å². The summed E-state index contributed by atoms with van der Waals surface area (Å²) in [6.45, 7) is 2.26. The van der Waals surface area contributed by atoms with Crippen LogP contribution in [0.15, 0.2) is 88.1 Å². The summed E-state index contributed by atoms with van der Waals surface area (Å²) in [4.78, 5) is 28.6. The molecule has 1 unspecified atom stereocenters. The number of rotatable bonds is 5. The highest BCUT2D eigenvalue weighted by atomic mass is 32.1. The van der Waals surface area contributed by atoms with Gasteiger partial charge in [0, 0.05) is 0 Å². The quantitative estimate of drug-likeness (QED) is 0.339. The van der Waals surface area contributed by atoms with Crippen LogP contribution in [0.5, 0.6) is 5.75 Å². The van der Waals surface area contributed by atoms with Crippen molar-refractivity contribution in [1.29, 1.82) is 0 Å². The SMILES string of the molecule is Cc1nnc(N2C(=O)c3oc4ccccc4c(=O)c3C2c2ccc(OCc3ccccc3)cc2)s1. The van der Waals surface area contributed by atoms with Crippen molar-refractivity contribution < 1.29 is 13.9 Å². The number of amides is 1. The molecule has 0 N–H and O–H groups in total. The fraction of sp³-hybridized carbons (Fsp3) is 0.111. The lowest BCUT2D eigenvalue weighted by Crippen LogP contribution is -2.29. The maximum Gasteiger partial charge on any atom is 0.297 e. The van der Waals surface area contributed by atoms with Crippen LogP contribution in [0.25, 0.3) is 11.0 Å². The van der Waals surface area contributed by atoms with Crippen molar-refractivity contribution in [3.63, 3.8) is 0 Å². The molecule has 5 aromatic rings. The molecule has 0 spiro atoms. The molecule has 3 heterocycles. The van der Waals surface area contributed by atoms with Crippen molar-refractivity contribution in [3.8, 4) is 5.75 Å². The highest BCUT2D eigenvalue weighted by molar-refractivity contribution is 7.15. The molecule has 1 aliphatic heterocycles. The van der Waals surface area contributed by atoms with Gasteiger partial charge in [-0.05, 0) is 42.3 Å². The van der Waals surface area contributed by atoms with Crippen molar-refractivity contribution in [1.82, 2.24) is 10.2 Å². The van der Waals surface area contributed by atoms with Gasteiger partial charge in [-0.1, -0.05) is 65.9 Å². The third-order valence-electron chi connectivity index (χ3n) is 5.94. The van der Waals surface area contributed by atoms with Gasteiger partial charge in [0.25, 0.3) is 5.91 Å². The van der Waals surface area contributed by atoms with Gasteiger partial charge in [0.05, 0.1) is 17.0 Å². The largest absolute Gasteiger partial charge is 0.489 e. The van der Waals surface area contributed by atoms with Crippen LogP contribution in [-0.4, -0.2) is 16.1 Å². The minimum absolute atomic E-state index is 0.0379. The van der Waals surface area contributed by atoms with Crippen LogP contribution in [0.2, 0.25) is 0 Å². The average molecular weight is 482 g/mol. The van der Waals surface area contributed by atoms with Crippen LogP contribution in [-0.2, 0) is 6.61 Å². The van der Waals surface area contributed by atoms with E-state index in [0.29, 0.717) is 34.0 Å². The molecule has 1 amide bonds. The maximum absolute atomic E-state index is 13.6. The molecule has 0 saturated heterocycles. The van der Waals surface area contributed by atoms with Gasteiger partial charge in [-0.15, -0.1) is 10.2 Å². The van der Waals surface area contributed by atoms with E-state index in [-0.39, 0.29) is 11.2 Å². The fourth-order valence-electron chi connectivity index (χ4n) is 4.30. The molecule has 35 heavy (non-hydrogen) atoms. The van der Waals surface area contributed by atoms with Gasteiger partial charge in [-0.25, -0.2) is 0 Å². The Hall–Kier alpha value is -4.30. The zero-order valence-corrected chi connectivity index (χ0v) is 19.5. The second kappa shape index (κ2) is 8.48. The van der Waals surface area contributed by atoms with Gasteiger partial charge in [0.1, 0.15) is 22.9 Å². The van der Waals surface area contributed by atoms with Crippen LogP contribution >= 0.6 is 11.3 Å². The molecule has 172 valence electrons. The number of anilines is 1. The second-order valence-electron chi connectivity index (χ2n) is 8.19. The topological polar surface area (TPSA) is 85.5 Å². The highest BCUT2D eigenvalue weighted by Gasteiger charge is 2.45. The summed E-state index contributed by atoms with van der Waals surface area (Å²) >= 11 is 1.29. The Labute approximate surface area is 204 Å². The summed E-state index contributed by atoms with van der Waals surface area (Å²) in [7, 11) is 0. The molecule has 0 radical (unpaired) electrons. The van der Waals surface area contributed by atoms with Crippen LogP contribution in [0.4, 0.5) is 5.13 Å². The summed E-state index contributed by atoms with van der Waals surface area (Å²) in [5.74, 6) is 0.315. The number of hydrogen-bond acceptors (Lipinski definition) is 7. The summed E-state index contributed by atoms with van der Waals surface area (Å²) < 4.78 is 11.9. The van der Waals surface area contributed by atoms with E-state index in [4.69, 9.17) is 9.15 Å². The number of fused-ring (bicyclic) bond motifs is 2. The predicted octanol–water partition coefficient (Wildman–Crippen LogP) is 5.28. The van der Waals surface area contributed by atoms with E-state index < -0.39 is 11.9 Å². The summed E-state index contributed by atoms with van der Waals surface area (Å²) in [6.07, 6.45) is 0. The van der Waals surface area contributed by atoms with Gasteiger partial charge in [0.2, 0.25) is 10.9 Å². The number of carbonyl (C=O) groups excluding carboxylic acids is 1. The highest BCUT2D eigenvalue weighted by Crippen LogP contribution is 2.42. The van der Waals surface area contributed by atoms with Crippen molar-refractivity contribution >= 4 is 33.3 Å². The van der Waals surface area contributed by atoms with Crippen LogP contribution in [0.1, 0.15) is 38.3 Å². The maximum atomic E-state index is 13.6.